The zero-order chi connectivity index (χ0) is 23.8. The first-order valence-electron chi connectivity index (χ1n) is 11.8. The molecule has 1 aliphatic rings. The van der Waals surface area contributed by atoms with Crippen LogP contribution in [0.5, 0.6) is 0 Å². The summed E-state index contributed by atoms with van der Waals surface area (Å²) >= 11 is 0. The van der Waals surface area contributed by atoms with Crippen LogP contribution in [0.25, 0.3) is 0 Å². The number of anilines is 1. The van der Waals surface area contributed by atoms with Gasteiger partial charge in [0.2, 0.25) is 0 Å². The van der Waals surface area contributed by atoms with Crippen LogP contribution in [0, 0.1) is 0 Å². The molecule has 0 aliphatic heterocycles. The van der Waals surface area contributed by atoms with E-state index >= 15 is 0 Å². The minimum absolute atomic E-state index is 0.177. The molecular formula is C27H34N2O4. The van der Waals surface area contributed by atoms with Crippen molar-refractivity contribution in [3.05, 3.63) is 65.2 Å². The van der Waals surface area contributed by atoms with Crippen molar-refractivity contribution in [2.75, 3.05) is 19.0 Å². The van der Waals surface area contributed by atoms with E-state index in [1.165, 1.54) is 12.0 Å². The van der Waals surface area contributed by atoms with E-state index < -0.39 is 18.5 Å². The molecule has 0 heterocycles. The molecule has 0 unspecified atom stereocenters. The van der Waals surface area contributed by atoms with Gasteiger partial charge in [-0.2, -0.15) is 0 Å². The van der Waals surface area contributed by atoms with Crippen LogP contribution in [-0.2, 0) is 9.53 Å². The number of benzene rings is 2. The average Bonchev–Trinajstić information content (AvgIpc) is 2.86. The molecular weight excluding hydrogens is 416 g/mol. The van der Waals surface area contributed by atoms with E-state index in [9.17, 15) is 14.4 Å². The molecule has 0 saturated heterocycles. The fraction of sp³-hybridized carbons (Fsp3) is 0.444. The number of carbonyl (C=O) groups is 3. The first-order valence-corrected chi connectivity index (χ1v) is 11.8. The van der Waals surface area contributed by atoms with Gasteiger partial charge in [0.15, 0.2) is 6.61 Å². The Bertz CT molecular complexity index is 964. The summed E-state index contributed by atoms with van der Waals surface area (Å²) in [5.74, 6) is -0.850. The third-order valence-electron chi connectivity index (χ3n) is 6.53. The van der Waals surface area contributed by atoms with E-state index in [0.717, 1.165) is 32.1 Å². The Morgan fingerprint density at radius 2 is 1.64 bits per heavy atom. The minimum atomic E-state index is -0.682. The van der Waals surface area contributed by atoms with Gasteiger partial charge < -0.3 is 15.0 Å². The summed E-state index contributed by atoms with van der Waals surface area (Å²) in [5, 5.41) is 2.74. The largest absolute Gasteiger partial charge is 0.452 e. The zero-order valence-electron chi connectivity index (χ0n) is 19.8. The van der Waals surface area contributed by atoms with Gasteiger partial charge >= 0.3 is 5.97 Å². The van der Waals surface area contributed by atoms with Crippen LogP contribution < -0.4 is 5.32 Å². The molecule has 1 aliphatic carbocycles. The lowest BCUT2D eigenvalue weighted by atomic mass is 9.94. The Morgan fingerprint density at radius 3 is 2.27 bits per heavy atom. The fourth-order valence-corrected chi connectivity index (χ4v) is 4.21. The van der Waals surface area contributed by atoms with Gasteiger partial charge in [-0.1, -0.05) is 57.4 Å². The van der Waals surface area contributed by atoms with E-state index in [4.69, 9.17) is 4.74 Å². The van der Waals surface area contributed by atoms with Gasteiger partial charge in [-0.05, 0) is 55.0 Å². The molecule has 2 amide bonds. The highest BCUT2D eigenvalue weighted by atomic mass is 16.5. The molecule has 33 heavy (non-hydrogen) atoms. The lowest BCUT2D eigenvalue weighted by Crippen LogP contribution is -2.39. The highest BCUT2D eigenvalue weighted by Gasteiger charge is 2.26. The number of amides is 2. The van der Waals surface area contributed by atoms with Gasteiger partial charge in [0, 0.05) is 18.8 Å². The number of nitrogens with one attached hydrogen (secondary N) is 1. The highest BCUT2D eigenvalue weighted by molar-refractivity contribution is 6.06. The lowest BCUT2D eigenvalue weighted by Gasteiger charge is -2.31. The molecule has 0 spiro atoms. The number of nitrogens with zero attached hydrogens (tertiary/aromatic N) is 1. The molecule has 0 bridgehead atoms. The van der Waals surface area contributed by atoms with Gasteiger partial charge in [-0.15, -0.1) is 0 Å². The van der Waals surface area contributed by atoms with E-state index in [2.05, 4.69) is 19.2 Å². The van der Waals surface area contributed by atoms with Crippen LogP contribution in [-0.4, -0.2) is 42.4 Å². The molecule has 0 aromatic heterocycles. The van der Waals surface area contributed by atoms with Crippen molar-refractivity contribution < 1.29 is 19.1 Å². The first-order chi connectivity index (χ1) is 15.9. The lowest BCUT2D eigenvalue weighted by molar-refractivity contribution is -0.119. The summed E-state index contributed by atoms with van der Waals surface area (Å²) in [6, 6.07) is 14.5. The second-order valence-corrected chi connectivity index (χ2v) is 8.81. The molecule has 0 radical (unpaired) electrons. The summed E-state index contributed by atoms with van der Waals surface area (Å²) < 4.78 is 5.24. The Morgan fingerprint density at radius 1 is 1.00 bits per heavy atom. The first kappa shape index (κ1) is 24.5. The number of carbonyl (C=O) groups excluding carboxylic acids is 3. The number of hydrogen-bond acceptors (Lipinski definition) is 4. The Balaban J connectivity index is 1.59. The van der Waals surface area contributed by atoms with Gasteiger partial charge in [0.1, 0.15) is 0 Å². The maximum absolute atomic E-state index is 13.1. The average molecular weight is 451 g/mol. The second-order valence-electron chi connectivity index (χ2n) is 8.81. The van der Waals surface area contributed by atoms with Gasteiger partial charge in [-0.25, -0.2) is 4.79 Å². The van der Waals surface area contributed by atoms with Crippen LogP contribution >= 0.6 is 0 Å². The van der Waals surface area contributed by atoms with Crippen LogP contribution in [0.4, 0.5) is 5.69 Å². The zero-order valence-corrected chi connectivity index (χ0v) is 19.8. The Hall–Kier alpha value is -3.15. The fourth-order valence-electron chi connectivity index (χ4n) is 4.21. The topological polar surface area (TPSA) is 75.7 Å². The number of esters is 1. The molecule has 1 fully saturated rings. The van der Waals surface area contributed by atoms with E-state index in [1.807, 2.05) is 24.3 Å². The van der Waals surface area contributed by atoms with Crippen molar-refractivity contribution >= 4 is 23.5 Å². The molecule has 1 N–H and O–H groups in total. The van der Waals surface area contributed by atoms with Gasteiger partial charge in [0.25, 0.3) is 11.8 Å². The summed E-state index contributed by atoms with van der Waals surface area (Å²) in [5.41, 5.74) is 2.33. The van der Waals surface area contributed by atoms with Crippen molar-refractivity contribution in [2.45, 2.75) is 64.3 Å². The van der Waals surface area contributed by atoms with Gasteiger partial charge in [-0.3, -0.25) is 9.59 Å². The molecule has 1 atom stereocenters. The smallest absolute Gasteiger partial charge is 0.339 e. The highest BCUT2D eigenvalue weighted by Crippen LogP contribution is 2.24. The summed E-state index contributed by atoms with van der Waals surface area (Å²) in [6.07, 6.45) is 6.43. The van der Waals surface area contributed by atoms with Crippen molar-refractivity contribution in [2.24, 2.45) is 0 Å². The summed E-state index contributed by atoms with van der Waals surface area (Å²) in [7, 11) is 1.79. The molecule has 3 rings (SSSR count). The van der Waals surface area contributed by atoms with Crippen molar-refractivity contribution in [3.63, 3.8) is 0 Å². The predicted octanol–water partition coefficient (Wildman–Crippen LogP) is 5.40. The Labute approximate surface area is 196 Å². The quantitative estimate of drug-likeness (QED) is 0.546. The monoisotopic (exact) mass is 450 g/mol. The molecule has 1 saturated carbocycles. The number of ether oxygens (including phenoxy) is 1. The van der Waals surface area contributed by atoms with Crippen molar-refractivity contribution in [1.29, 1.82) is 0 Å². The summed E-state index contributed by atoms with van der Waals surface area (Å²) in [4.78, 5) is 39.8. The van der Waals surface area contributed by atoms with Crippen LogP contribution in [0.3, 0.4) is 0 Å². The second kappa shape index (κ2) is 11.6. The normalized spacial score (nSPS) is 14.9. The maximum Gasteiger partial charge on any atom is 0.339 e. The van der Waals surface area contributed by atoms with Crippen LogP contribution in [0.2, 0.25) is 0 Å². The van der Waals surface area contributed by atoms with Crippen molar-refractivity contribution in [1.82, 2.24) is 4.90 Å². The van der Waals surface area contributed by atoms with E-state index in [-0.39, 0.29) is 17.5 Å². The van der Waals surface area contributed by atoms with Crippen LogP contribution in [0.15, 0.2) is 48.5 Å². The molecule has 6 heteroatoms. The third kappa shape index (κ3) is 6.44. The molecule has 2 aromatic carbocycles. The predicted molar refractivity (Wildman–Crippen MR) is 129 cm³/mol. The summed E-state index contributed by atoms with van der Waals surface area (Å²) in [6.45, 7) is 3.87. The van der Waals surface area contributed by atoms with Crippen LogP contribution in [0.1, 0.15) is 84.6 Å². The number of hydrogen-bond donors (Lipinski definition) is 1. The molecule has 176 valence electrons. The minimum Gasteiger partial charge on any atom is -0.452 e. The number of rotatable bonds is 8. The van der Waals surface area contributed by atoms with Gasteiger partial charge in [0.05, 0.1) is 11.1 Å². The van der Waals surface area contributed by atoms with Crippen molar-refractivity contribution in [3.8, 4) is 0 Å². The maximum atomic E-state index is 13.1. The molecule has 6 nitrogen and oxygen atoms in total. The Kier molecular flexibility index (Phi) is 8.64. The van der Waals surface area contributed by atoms with E-state index in [1.54, 1.807) is 36.2 Å². The standard InChI is InChI=1S/C27H34N2O4/c1-4-19(2)20-14-16-21(17-15-20)28-25(30)18-33-27(32)24-13-9-8-12-23(24)26(31)29(3)22-10-6-5-7-11-22/h8-9,12-17,19,22H,4-7,10-11,18H2,1-3H3,(H,28,30)/t19-/m0/s1. The SMILES string of the molecule is CC[C@H](C)c1ccc(NC(=O)COC(=O)c2ccccc2C(=O)N(C)C2CCCCC2)cc1. The third-order valence-corrected chi connectivity index (χ3v) is 6.53. The molecule has 2 aromatic rings. The van der Waals surface area contributed by atoms with E-state index in [0.29, 0.717) is 17.2 Å².